The van der Waals surface area contributed by atoms with Crippen LogP contribution in [0.25, 0.3) is 5.82 Å². The zero-order chi connectivity index (χ0) is 17.1. The number of aliphatic hydroxyl groups is 1. The van der Waals surface area contributed by atoms with E-state index < -0.39 is 5.82 Å². The second-order valence-electron chi connectivity index (χ2n) is 5.36. The molecule has 3 rings (SSSR count). The number of aryl methyl sites for hydroxylation is 1. The second kappa shape index (κ2) is 6.67. The number of nitrogens with one attached hydrogen (secondary N) is 1. The van der Waals surface area contributed by atoms with Crippen LogP contribution in [0.5, 0.6) is 0 Å². The Morgan fingerprint density at radius 3 is 2.79 bits per heavy atom. The van der Waals surface area contributed by atoms with E-state index in [1.807, 2.05) is 29.1 Å². The molecular weight excluding hydrogens is 311 g/mol. The van der Waals surface area contributed by atoms with E-state index in [0.717, 1.165) is 0 Å². The van der Waals surface area contributed by atoms with Crippen LogP contribution in [0.4, 0.5) is 4.39 Å². The number of halogens is 1. The summed E-state index contributed by atoms with van der Waals surface area (Å²) in [6, 6.07) is 8.12. The summed E-state index contributed by atoms with van der Waals surface area (Å²) >= 11 is 0. The van der Waals surface area contributed by atoms with Crippen molar-refractivity contribution in [2.75, 3.05) is 0 Å². The molecule has 0 aliphatic carbocycles. The third-order valence-corrected chi connectivity index (χ3v) is 3.73. The number of nitrogens with zero attached hydrogens (tertiary/aromatic N) is 3. The fraction of sp³-hybridized carbons (Fsp3) is 0.176. The Labute approximate surface area is 138 Å². The molecule has 0 saturated carbocycles. The van der Waals surface area contributed by atoms with Gasteiger partial charge in [-0.15, -0.1) is 0 Å². The van der Waals surface area contributed by atoms with E-state index in [2.05, 4.69) is 10.4 Å². The maximum atomic E-state index is 13.4. The quantitative estimate of drug-likeness (QED) is 0.750. The van der Waals surface area contributed by atoms with Crippen molar-refractivity contribution in [3.05, 3.63) is 71.4 Å². The van der Waals surface area contributed by atoms with Crippen molar-refractivity contribution in [1.82, 2.24) is 19.7 Å². The van der Waals surface area contributed by atoms with Crippen LogP contribution >= 0.6 is 0 Å². The Bertz CT molecular complexity index is 856. The van der Waals surface area contributed by atoms with Gasteiger partial charge in [0.15, 0.2) is 0 Å². The average molecular weight is 328 g/mol. The van der Waals surface area contributed by atoms with Gasteiger partial charge in [-0.05, 0) is 29.8 Å². The van der Waals surface area contributed by atoms with E-state index in [4.69, 9.17) is 5.11 Å². The van der Waals surface area contributed by atoms with Crippen molar-refractivity contribution in [2.45, 2.75) is 13.2 Å². The zero-order valence-corrected chi connectivity index (χ0v) is 13.1. The number of hydrogen-bond donors (Lipinski definition) is 2. The van der Waals surface area contributed by atoms with E-state index in [9.17, 15) is 9.18 Å². The molecule has 0 atom stereocenters. The van der Waals surface area contributed by atoms with Gasteiger partial charge in [0.1, 0.15) is 17.2 Å². The minimum Gasteiger partial charge on any atom is -0.392 e. The van der Waals surface area contributed by atoms with Crippen molar-refractivity contribution in [2.24, 2.45) is 7.05 Å². The smallest absolute Gasteiger partial charge is 0.256 e. The molecule has 0 aliphatic heterocycles. The lowest BCUT2D eigenvalue weighted by Crippen LogP contribution is -2.24. The Hall–Kier alpha value is -2.93. The minimum atomic E-state index is -0.463. The molecule has 2 aromatic heterocycles. The molecule has 7 heteroatoms. The standard InChI is InChI=1S/C17H17FN4O2/c1-21-17(22-6-2-3-7-22)14(10-20-21)16(24)19-9-12-4-5-15(18)13(8-12)11-23/h2-8,10,23H,9,11H2,1H3,(H,19,24). The summed E-state index contributed by atoms with van der Waals surface area (Å²) in [4.78, 5) is 12.5. The van der Waals surface area contributed by atoms with Gasteiger partial charge in [0, 0.05) is 31.5 Å². The number of rotatable bonds is 5. The van der Waals surface area contributed by atoms with E-state index in [1.165, 1.54) is 18.3 Å². The number of hydrogen-bond acceptors (Lipinski definition) is 3. The summed E-state index contributed by atoms with van der Waals surface area (Å²) in [6.07, 6.45) is 5.18. The molecule has 0 spiro atoms. The highest BCUT2D eigenvalue weighted by atomic mass is 19.1. The Balaban J connectivity index is 1.77. The van der Waals surface area contributed by atoms with Crippen molar-refractivity contribution < 1.29 is 14.3 Å². The fourth-order valence-corrected chi connectivity index (χ4v) is 2.51. The minimum absolute atomic E-state index is 0.205. The topological polar surface area (TPSA) is 72.1 Å². The monoisotopic (exact) mass is 328 g/mol. The molecule has 0 saturated heterocycles. The third kappa shape index (κ3) is 3.07. The number of carbonyl (C=O) groups excluding carboxylic acids is 1. The van der Waals surface area contributed by atoms with Crippen LogP contribution < -0.4 is 5.32 Å². The normalized spacial score (nSPS) is 10.8. The lowest BCUT2D eigenvalue weighted by atomic mass is 10.1. The molecule has 2 N–H and O–H groups in total. The van der Waals surface area contributed by atoms with Crippen molar-refractivity contribution in [3.63, 3.8) is 0 Å². The van der Waals surface area contributed by atoms with E-state index in [0.29, 0.717) is 16.9 Å². The Morgan fingerprint density at radius 2 is 2.08 bits per heavy atom. The third-order valence-electron chi connectivity index (χ3n) is 3.73. The number of aliphatic hydroxyl groups excluding tert-OH is 1. The van der Waals surface area contributed by atoms with Crippen LogP contribution in [0.2, 0.25) is 0 Å². The van der Waals surface area contributed by atoms with Crippen LogP contribution in [-0.2, 0) is 20.2 Å². The highest BCUT2D eigenvalue weighted by Gasteiger charge is 2.17. The van der Waals surface area contributed by atoms with Crippen molar-refractivity contribution in [1.29, 1.82) is 0 Å². The average Bonchev–Trinajstić information content (AvgIpc) is 3.22. The van der Waals surface area contributed by atoms with Crippen molar-refractivity contribution in [3.8, 4) is 5.82 Å². The molecule has 1 aromatic carbocycles. The molecule has 24 heavy (non-hydrogen) atoms. The van der Waals surface area contributed by atoms with Gasteiger partial charge < -0.3 is 15.0 Å². The second-order valence-corrected chi connectivity index (χ2v) is 5.36. The first kappa shape index (κ1) is 15.9. The number of aromatic nitrogens is 3. The summed E-state index contributed by atoms with van der Waals surface area (Å²) < 4.78 is 16.8. The summed E-state index contributed by atoms with van der Waals surface area (Å²) in [5.41, 5.74) is 1.36. The van der Waals surface area contributed by atoms with Gasteiger partial charge in [-0.2, -0.15) is 5.10 Å². The lowest BCUT2D eigenvalue weighted by Gasteiger charge is -2.09. The summed E-state index contributed by atoms with van der Waals surface area (Å²) in [5, 5.41) is 16.0. The van der Waals surface area contributed by atoms with Gasteiger partial charge in [0.2, 0.25) is 0 Å². The predicted molar refractivity (Wildman–Crippen MR) is 86.0 cm³/mol. The van der Waals surface area contributed by atoms with E-state index in [1.54, 1.807) is 17.8 Å². The molecule has 6 nitrogen and oxygen atoms in total. The van der Waals surface area contributed by atoms with Gasteiger partial charge in [0.05, 0.1) is 12.8 Å². The van der Waals surface area contributed by atoms with Gasteiger partial charge in [0.25, 0.3) is 5.91 Å². The molecule has 3 aromatic rings. The maximum Gasteiger partial charge on any atom is 0.256 e. The summed E-state index contributed by atoms with van der Waals surface area (Å²) in [6.45, 7) is -0.153. The SMILES string of the molecule is Cn1ncc(C(=O)NCc2ccc(F)c(CO)c2)c1-n1cccc1. The lowest BCUT2D eigenvalue weighted by molar-refractivity contribution is 0.0951. The van der Waals surface area contributed by atoms with Crippen LogP contribution in [-0.4, -0.2) is 25.4 Å². The molecule has 124 valence electrons. The first-order valence-corrected chi connectivity index (χ1v) is 7.42. The predicted octanol–water partition coefficient (Wildman–Crippen LogP) is 1.77. The molecule has 0 radical (unpaired) electrons. The van der Waals surface area contributed by atoms with Crippen molar-refractivity contribution >= 4 is 5.91 Å². The molecule has 1 amide bonds. The highest BCUT2D eigenvalue weighted by Crippen LogP contribution is 2.15. The first-order valence-electron chi connectivity index (χ1n) is 7.42. The number of carbonyl (C=O) groups is 1. The Kier molecular flexibility index (Phi) is 4.43. The summed E-state index contributed by atoms with van der Waals surface area (Å²) in [7, 11) is 1.76. The zero-order valence-electron chi connectivity index (χ0n) is 13.1. The van der Waals surface area contributed by atoms with Gasteiger partial charge >= 0.3 is 0 Å². The first-order chi connectivity index (χ1) is 11.6. The van der Waals surface area contributed by atoms with Gasteiger partial charge in [-0.3, -0.25) is 9.48 Å². The number of amides is 1. The molecule has 0 fully saturated rings. The van der Waals surface area contributed by atoms with E-state index in [-0.39, 0.29) is 24.6 Å². The summed E-state index contributed by atoms with van der Waals surface area (Å²) in [5.74, 6) is -0.0796. The van der Waals surface area contributed by atoms with E-state index >= 15 is 0 Å². The molecule has 0 unspecified atom stereocenters. The van der Waals surface area contributed by atoms with Crippen LogP contribution in [0.3, 0.4) is 0 Å². The fourth-order valence-electron chi connectivity index (χ4n) is 2.51. The largest absolute Gasteiger partial charge is 0.392 e. The molecular formula is C17H17FN4O2. The Morgan fingerprint density at radius 1 is 1.33 bits per heavy atom. The van der Waals surface area contributed by atoms with Crippen LogP contribution in [0.1, 0.15) is 21.5 Å². The van der Waals surface area contributed by atoms with Crippen LogP contribution in [0.15, 0.2) is 48.9 Å². The number of benzene rings is 1. The van der Waals surface area contributed by atoms with Gasteiger partial charge in [-0.1, -0.05) is 6.07 Å². The molecule has 0 bridgehead atoms. The maximum absolute atomic E-state index is 13.4. The highest BCUT2D eigenvalue weighted by molar-refractivity contribution is 5.97. The molecule has 2 heterocycles. The molecule has 0 aliphatic rings. The van der Waals surface area contributed by atoms with Crippen LogP contribution in [0, 0.1) is 5.82 Å². The van der Waals surface area contributed by atoms with Gasteiger partial charge in [-0.25, -0.2) is 4.39 Å².